The molecule has 3 heteroatoms. The summed E-state index contributed by atoms with van der Waals surface area (Å²) in [5.41, 5.74) is 0. The summed E-state index contributed by atoms with van der Waals surface area (Å²) in [7, 11) is 1.68. The average molecular weight is 258 g/mol. The first-order valence-electron chi connectivity index (χ1n) is 7.45. The summed E-state index contributed by atoms with van der Waals surface area (Å²) in [6.45, 7) is 2.24. The molecule has 0 aromatic carbocycles. The standard InChI is InChI=1S/C15H30O3/c1-3-4-5-6-7-8-9-10-11-14(18-2)12-13-15(16)17/h14H,3-13H2,1-2H3,(H,16,17). The highest BCUT2D eigenvalue weighted by atomic mass is 16.5. The van der Waals surface area contributed by atoms with Gasteiger partial charge < -0.3 is 9.84 Å². The van der Waals surface area contributed by atoms with Gasteiger partial charge in [0.05, 0.1) is 6.10 Å². The van der Waals surface area contributed by atoms with Crippen molar-refractivity contribution in [3.05, 3.63) is 0 Å². The van der Waals surface area contributed by atoms with Crippen LogP contribution in [0, 0.1) is 0 Å². The van der Waals surface area contributed by atoms with E-state index in [4.69, 9.17) is 9.84 Å². The number of carboxylic acid groups (broad SMARTS) is 1. The van der Waals surface area contributed by atoms with Crippen LogP contribution in [-0.4, -0.2) is 24.3 Å². The number of ether oxygens (including phenoxy) is 1. The van der Waals surface area contributed by atoms with Gasteiger partial charge in [0, 0.05) is 13.5 Å². The molecule has 0 saturated carbocycles. The summed E-state index contributed by atoms with van der Waals surface area (Å²) in [6.07, 6.45) is 12.4. The maximum Gasteiger partial charge on any atom is 0.303 e. The Morgan fingerprint density at radius 2 is 1.56 bits per heavy atom. The van der Waals surface area contributed by atoms with E-state index >= 15 is 0 Å². The maximum absolute atomic E-state index is 10.5. The summed E-state index contributed by atoms with van der Waals surface area (Å²) in [6, 6.07) is 0. The van der Waals surface area contributed by atoms with Crippen molar-refractivity contribution < 1.29 is 14.6 Å². The van der Waals surface area contributed by atoms with Crippen molar-refractivity contribution >= 4 is 5.97 Å². The van der Waals surface area contributed by atoms with E-state index in [2.05, 4.69) is 6.92 Å². The lowest BCUT2D eigenvalue weighted by Crippen LogP contribution is -2.12. The smallest absolute Gasteiger partial charge is 0.303 e. The Kier molecular flexibility index (Phi) is 12.5. The van der Waals surface area contributed by atoms with E-state index in [1.54, 1.807) is 7.11 Å². The minimum Gasteiger partial charge on any atom is -0.481 e. The molecule has 18 heavy (non-hydrogen) atoms. The number of rotatable bonds is 13. The first-order valence-corrected chi connectivity index (χ1v) is 7.45. The normalized spacial score (nSPS) is 12.6. The quantitative estimate of drug-likeness (QED) is 0.498. The zero-order chi connectivity index (χ0) is 13.6. The van der Waals surface area contributed by atoms with Gasteiger partial charge in [-0.05, 0) is 12.8 Å². The Labute approximate surface area is 112 Å². The lowest BCUT2D eigenvalue weighted by atomic mass is 10.0. The number of carboxylic acids is 1. The fourth-order valence-corrected chi connectivity index (χ4v) is 2.17. The molecular formula is C15H30O3. The van der Waals surface area contributed by atoms with E-state index < -0.39 is 5.97 Å². The Morgan fingerprint density at radius 3 is 2.06 bits per heavy atom. The molecule has 108 valence electrons. The topological polar surface area (TPSA) is 46.5 Å². The van der Waals surface area contributed by atoms with Gasteiger partial charge in [-0.25, -0.2) is 0 Å². The van der Waals surface area contributed by atoms with Crippen LogP contribution in [-0.2, 0) is 9.53 Å². The second-order valence-corrected chi connectivity index (χ2v) is 5.05. The highest BCUT2D eigenvalue weighted by molar-refractivity contribution is 5.66. The number of aliphatic carboxylic acids is 1. The van der Waals surface area contributed by atoms with Crippen LogP contribution in [0.2, 0.25) is 0 Å². The van der Waals surface area contributed by atoms with Crippen molar-refractivity contribution in [1.82, 2.24) is 0 Å². The molecule has 0 spiro atoms. The first-order chi connectivity index (χ1) is 8.70. The largest absolute Gasteiger partial charge is 0.481 e. The molecule has 0 amide bonds. The molecule has 3 nitrogen and oxygen atoms in total. The lowest BCUT2D eigenvalue weighted by molar-refractivity contribution is -0.137. The zero-order valence-electron chi connectivity index (χ0n) is 12.1. The SMILES string of the molecule is CCCCCCCCCCC(CCC(=O)O)OC. The van der Waals surface area contributed by atoms with Crippen LogP contribution in [0.4, 0.5) is 0 Å². The molecule has 1 atom stereocenters. The van der Waals surface area contributed by atoms with E-state index in [9.17, 15) is 4.79 Å². The Bertz CT molecular complexity index is 192. The fraction of sp³-hybridized carbons (Fsp3) is 0.933. The average Bonchev–Trinajstić information content (AvgIpc) is 2.36. The van der Waals surface area contributed by atoms with Gasteiger partial charge in [0.2, 0.25) is 0 Å². The number of hydrogen-bond donors (Lipinski definition) is 1. The van der Waals surface area contributed by atoms with Crippen molar-refractivity contribution in [3.8, 4) is 0 Å². The molecule has 0 aliphatic rings. The number of unbranched alkanes of at least 4 members (excludes halogenated alkanes) is 7. The van der Waals surface area contributed by atoms with Gasteiger partial charge in [-0.1, -0.05) is 58.3 Å². The van der Waals surface area contributed by atoms with Gasteiger partial charge in [-0.2, -0.15) is 0 Å². The first kappa shape index (κ1) is 17.4. The van der Waals surface area contributed by atoms with E-state index in [0.29, 0.717) is 6.42 Å². The van der Waals surface area contributed by atoms with Crippen LogP contribution in [0.5, 0.6) is 0 Å². The Hall–Kier alpha value is -0.570. The van der Waals surface area contributed by atoms with Gasteiger partial charge in [-0.15, -0.1) is 0 Å². The van der Waals surface area contributed by atoms with Crippen LogP contribution < -0.4 is 0 Å². The molecule has 1 N–H and O–H groups in total. The molecule has 0 saturated heterocycles. The maximum atomic E-state index is 10.5. The Morgan fingerprint density at radius 1 is 1.00 bits per heavy atom. The summed E-state index contributed by atoms with van der Waals surface area (Å²) in [4.78, 5) is 10.5. The van der Waals surface area contributed by atoms with Gasteiger partial charge in [0.25, 0.3) is 0 Å². The van der Waals surface area contributed by atoms with Gasteiger partial charge in [-0.3, -0.25) is 4.79 Å². The van der Waals surface area contributed by atoms with Crippen LogP contribution in [0.25, 0.3) is 0 Å². The predicted octanol–water partition coefficient (Wildman–Crippen LogP) is 4.40. The molecule has 0 aromatic heterocycles. The van der Waals surface area contributed by atoms with Gasteiger partial charge >= 0.3 is 5.97 Å². The second kappa shape index (κ2) is 12.9. The van der Waals surface area contributed by atoms with Crippen molar-refractivity contribution in [2.75, 3.05) is 7.11 Å². The molecule has 1 unspecified atom stereocenters. The van der Waals surface area contributed by atoms with Crippen LogP contribution in [0.3, 0.4) is 0 Å². The number of hydrogen-bond acceptors (Lipinski definition) is 2. The molecule has 0 bridgehead atoms. The third kappa shape index (κ3) is 11.9. The minimum atomic E-state index is -0.729. The molecule has 0 aliphatic heterocycles. The molecule has 0 aliphatic carbocycles. The van der Waals surface area contributed by atoms with E-state index in [1.165, 1.54) is 44.9 Å². The zero-order valence-corrected chi connectivity index (χ0v) is 12.1. The molecule has 0 rings (SSSR count). The van der Waals surface area contributed by atoms with Crippen molar-refractivity contribution in [2.24, 2.45) is 0 Å². The van der Waals surface area contributed by atoms with Gasteiger partial charge in [0.15, 0.2) is 0 Å². The monoisotopic (exact) mass is 258 g/mol. The van der Waals surface area contributed by atoms with Crippen LogP contribution in [0.1, 0.15) is 77.6 Å². The van der Waals surface area contributed by atoms with Crippen molar-refractivity contribution in [2.45, 2.75) is 83.7 Å². The van der Waals surface area contributed by atoms with Crippen molar-refractivity contribution in [3.63, 3.8) is 0 Å². The van der Waals surface area contributed by atoms with Crippen LogP contribution in [0.15, 0.2) is 0 Å². The third-order valence-electron chi connectivity index (χ3n) is 3.39. The summed E-state index contributed by atoms with van der Waals surface area (Å²) >= 11 is 0. The number of methoxy groups -OCH3 is 1. The summed E-state index contributed by atoms with van der Waals surface area (Å²) in [5, 5.41) is 8.61. The minimum absolute atomic E-state index is 0.126. The lowest BCUT2D eigenvalue weighted by Gasteiger charge is -2.13. The van der Waals surface area contributed by atoms with E-state index in [1.807, 2.05) is 0 Å². The van der Waals surface area contributed by atoms with E-state index in [0.717, 1.165) is 12.8 Å². The molecule has 0 radical (unpaired) electrons. The van der Waals surface area contributed by atoms with Crippen LogP contribution >= 0.6 is 0 Å². The van der Waals surface area contributed by atoms with Gasteiger partial charge in [0.1, 0.15) is 0 Å². The summed E-state index contributed by atoms with van der Waals surface area (Å²) < 4.78 is 5.30. The van der Waals surface area contributed by atoms with E-state index in [-0.39, 0.29) is 12.5 Å². The Balaban J connectivity index is 3.31. The molecule has 0 fully saturated rings. The fourth-order valence-electron chi connectivity index (χ4n) is 2.17. The summed E-state index contributed by atoms with van der Waals surface area (Å²) in [5.74, 6) is -0.729. The molecular weight excluding hydrogens is 228 g/mol. The second-order valence-electron chi connectivity index (χ2n) is 5.05. The predicted molar refractivity (Wildman–Crippen MR) is 74.9 cm³/mol. The highest BCUT2D eigenvalue weighted by Crippen LogP contribution is 2.14. The molecule has 0 aromatic rings. The van der Waals surface area contributed by atoms with Crippen molar-refractivity contribution in [1.29, 1.82) is 0 Å². The third-order valence-corrected chi connectivity index (χ3v) is 3.39. The highest BCUT2D eigenvalue weighted by Gasteiger charge is 2.09. The molecule has 0 heterocycles. The number of carbonyl (C=O) groups is 1.